The standard InChI is InChI=1S/C16H11F2N3O2/c17-11-3-1-10(2-4-11)15-7-14(20-21(15)9-16(22)23)13-6-5-12(18)8-19-13/h1-8H,9H2,(H,22,23). The molecule has 5 nitrogen and oxygen atoms in total. The maximum absolute atomic E-state index is 13.1. The lowest BCUT2D eigenvalue weighted by molar-refractivity contribution is -0.137. The third kappa shape index (κ3) is 3.23. The van der Waals surface area contributed by atoms with Gasteiger partial charge in [0.25, 0.3) is 0 Å². The van der Waals surface area contributed by atoms with E-state index in [2.05, 4.69) is 10.1 Å². The van der Waals surface area contributed by atoms with Crippen LogP contribution in [0.2, 0.25) is 0 Å². The van der Waals surface area contributed by atoms with Crippen molar-refractivity contribution in [3.8, 4) is 22.6 Å². The van der Waals surface area contributed by atoms with Crippen LogP contribution in [0.4, 0.5) is 8.78 Å². The number of hydrogen-bond donors (Lipinski definition) is 1. The van der Waals surface area contributed by atoms with Gasteiger partial charge in [0.1, 0.15) is 23.9 Å². The first-order valence-electron chi connectivity index (χ1n) is 6.70. The summed E-state index contributed by atoms with van der Waals surface area (Å²) in [6.07, 6.45) is 1.06. The zero-order valence-electron chi connectivity index (χ0n) is 11.8. The molecular weight excluding hydrogens is 304 g/mol. The number of halogens is 2. The quantitative estimate of drug-likeness (QED) is 0.803. The van der Waals surface area contributed by atoms with E-state index in [9.17, 15) is 13.6 Å². The molecule has 0 aliphatic rings. The number of aliphatic carboxylic acids is 1. The van der Waals surface area contributed by atoms with Crippen molar-refractivity contribution in [3.05, 3.63) is 60.3 Å². The molecule has 0 bridgehead atoms. The second-order valence-corrected chi connectivity index (χ2v) is 4.83. The van der Waals surface area contributed by atoms with E-state index in [1.54, 1.807) is 6.07 Å². The van der Waals surface area contributed by atoms with Crippen molar-refractivity contribution in [1.29, 1.82) is 0 Å². The zero-order chi connectivity index (χ0) is 16.4. The summed E-state index contributed by atoms with van der Waals surface area (Å²) in [6.45, 7) is -0.353. The van der Waals surface area contributed by atoms with Crippen molar-refractivity contribution in [2.75, 3.05) is 0 Å². The normalized spacial score (nSPS) is 10.7. The number of rotatable bonds is 4. The molecule has 1 aromatic carbocycles. The molecule has 0 aliphatic carbocycles. The molecule has 0 atom stereocenters. The van der Waals surface area contributed by atoms with Crippen LogP contribution in [0.1, 0.15) is 0 Å². The highest BCUT2D eigenvalue weighted by molar-refractivity contribution is 5.71. The van der Waals surface area contributed by atoms with Gasteiger partial charge in [-0.15, -0.1) is 0 Å². The van der Waals surface area contributed by atoms with Gasteiger partial charge in [-0.1, -0.05) is 0 Å². The molecule has 3 aromatic rings. The molecular formula is C16H11F2N3O2. The average molecular weight is 315 g/mol. The van der Waals surface area contributed by atoms with Crippen LogP contribution in [0.25, 0.3) is 22.6 Å². The Morgan fingerprint density at radius 1 is 1.04 bits per heavy atom. The fourth-order valence-corrected chi connectivity index (χ4v) is 2.17. The molecule has 1 N–H and O–H groups in total. The molecule has 0 fully saturated rings. The van der Waals surface area contributed by atoms with Crippen LogP contribution in [0.5, 0.6) is 0 Å². The van der Waals surface area contributed by atoms with Crippen molar-refractivity contribution < 1.29 is 18.7 Å². The zero-order valence-corrected chi connectivity index (χ0v) is 11.8. The van der Waals surface area contributed by atoms with E-state index in [-0.39, 0.29) is 6.54 Å². The minimum Gasteiger partial charge on any atom is -0.480 e. The van der Waals surface area contributed by atoms with Crippen molar-refractivity contribution >= 4 is 5.97 Å². The molecule has 116 valence electrons. The van der Waals surface area contributed by atoms with Crippen LogP contribution in [-0.2, 0) is 11.3 Å². The van der Waals surface area contributed by atoms with Gasteiger partial charge < -0.3 is 5.11 Å². The molecule has 0 amide bonds. The van der Waals surface area contributed by atoms with Crippen LogP contribution >= 0.6 is 0 Å². The number of carbonyl (C=O) groups is 1. The molecule has 0 saturated carbocycles. The van der Waals surface area contributed by atoms with Gasteiger partial charge in [-0.2, -0.15) is 5.10 Å². The molecule has 7 heteroatoms. The first-order chi connectivity index (χ1) is 11.0. The van der Waals surface area contributed by atoms with Crippen LogP contribution < -0.4 is 0 Å². The van der Waals surface area contributed by atoms with Crippen molar-refractivity contribution in [2.24, 2.45) is 0 Å². The lowest BCUT2D eigenvalue weighted by Gasteiger charge is -2.04. The summed E-state index contributed by atoms with van der Waals surface area (Å²) >= 11 is 0. The van der Waals surface area contributed by atoms with E-state index >= 15 is 0 Å². The van der Waals surface area contributed by atoms with Gasteiger partial charge in [0.15, 0.2) is 0 Å². The number of benzene rings is 1. The van der Waals surface area contributed by atoms with Gasteiger partial charge in [0, 0.05) is 5.56 Å². The Balaban J connectivity index is 2.08. The fraction of sp³-hybridized carbons (Fsp3) is 0.0625. The van der Waals surface area contributed by atoms with Gasteiger partial charge in [-0.25, -0.2) is 8.78 Å². The van der Waals surface area contributed by atoms with Crippen molar-refractivity contribution in [2.45, 2.75) is 6.54 Å². The molecule has 3 rings (SSSR count). The van der Waals surface area contributed by atoms with Gasteiger partial charge in [-0.3, -0.25) is 14.5 Å². The van der Waals surface area contributed by atoms with Crippen LogP contribution in [0.3, 0.4) is 0 Å². The van der Waals surface area contributed by atoms with E-state index in [1.165, 1.54) is 41.1 Å². The summed E-state index contributed by atoms with van der Waals surface area (Å²) in [6, 6.07) is 9.97. The number of carboxylic acid groups (broad SMARTS) is 1. The maximum Gasteiger partial charge on any atom is 0.325 e. The van der Waals surface area contributed by atoms with Crippen molar-refractivity contribution in [1.82, 2.24) is 14.8 Å². The summed E-state index contributed by atoms with van der Waals surface area (Å²) in [5, 5.41) is 13.2. The van der Waals surface area contributed by atoms with Crippen LogP contribution in [0, 0.1) is 11.6 Å². The largest absolute Gasteiger partial charge is 0.480 e. The Morgan fingerprint density at radius 2 is 1.74 bits per heavy atom. The second-order valence-electron chi connectivity index (χ2n) is 4.83. The Bertz CT molecular complexity index is 843. The minimum atomic E-state index is -1.06. The first kappa shape index (κ1) is 14.8. The van der Waals surface area contributed by atoms with E-state index in [0.29, 0.717) is 22.6 Å². The molecule has 0 saturated heterocycles. The SMILES string of the molecule is O=C(O)Cn1nc(-c2ccc(F)cn2)cc1-c1ccc(F)cc1. The number of aromatic nitrogens is 3. The lowest BCUT2D eigenvalue weighted by atomic mass is 10.1. The highest BCUT2D eigenvalue weighted by Gasteiger charge is 2.14. The third-order valence-corrected chi connectivity index (χ3v) is 3.19. The minimum absolute atomic E-state index is 0.353. The predicted molar refractivity (Wildman–Crippen MR) is 78.4 cm³/mol. The summed E-state index contributed by atoms with van der Waals surface area (Å²) < 4.78 is 27.3. The third-order valence-electron chi connectivity index (χ3n) is 3.19. The van der Waals surface area contributed by atoms with Crippen molar-refractivity contribution in [3.63, 3.8) is 0 Å². The highest BCUT2D eigenvalue weighted by Crippen LogP contribution is 2.25. The van der Waals surface area contributed by atoms with Crippen LogP contribution in [-0.4, -0.2) is 25.8 Å². The number of pyridine rings is 1. The smallest absolute Gasteiger partial charge is 0.325 e. The Hall–Kier alpha value is -3.09. The lowest BCUT2D eigenvalue weighted by Crippen LogP contribution is -2.11. The van der Waals surface area contributed by atoms with Gasteiger partial charge in [0.2, 0.25) is 0 Å². The number of nitrogens with zero attached hydrogens (tertiary/aromatic N) is 3. The first-order valence-corrected chi connectivity index (χ1v) is 6.70. The molecule has 2 aromatic heterocycles. The molecule has 0 unspecified atom stereocenters. The van der Waals surface area contributed by atoms with E-state index < -0.39 is 17.6 Å². The molecule has 0 aliphatic heterocycles. The van der Waals surface area contributed by atoms with Gasteiger partial charge >= 0.3 is 5.97 Å². The Labute approximate surface area is 129 Å². The van der Waals surface area contributed by atoms with Crippen LogP contribution in [0.15, 0.2) is 48.7 Å². The summed E-state index contributed by atoms with van der Waals surface area (Å²) in [5.41, 5.74) is 1.95. The molecule has 23 heavy (non-hydrogen) atoms. The molecule has 2 heterocycles. The van der Waals surface area contributed by atoms with E-state index in [0.717, 1.165) is 6.20 Å². The maximum atomic E-state index is 13.1. The Kier molecular flexibility index (Phi) is 3.84. The van der Waals surface area contributed by atoms with Gasteiger partial charge in [-0.05, 0) is 42.5 Å². The number of hydrogen-bond acceptors (Lipinski definition) is 3. The summed E-state index contributed by atoms with van der Waals surface area (Å²) in [5.74, 6) is -1.92. The summed E-state index contributed by atoms with van der Waals surface area (Å²) in [4.78, 5) is 14.9. The van der Waals surface area contributed by atoms with E-state index in [4.69, 9.17) is 5.11 Å². The topological polar surface area (TPSA) is 68.0 Å². The Morgan fingerprint density at radius 3 is 2.35 bits per heavy atom. The highest BCUT2D eigenvalue weighted by atomic mass is 19.1. The predicted octanol–water partition coefficient (Wildman–Crippen LogP) is 2.97. The molecule has 0 radical (unpaired) electrons. The average Bonchev–Trinajstić information content (AvgIpc) is 2.92. The van der Waals surface area contributed by atoms with E-state index in [1.807, 2.05) is 0 Å². The monoisotopic (exact) mass is 315 g/mol. The number of carboxylic acids is 1. The summed E-state index contributed by atoms with van der Waals surface area (Å²) in [7, 11) is 0. The fourth-order valence-electron chi connectivity index (χ4n) is 2.17. The van der Waals surface area contributed by atoms with Gasteiger partial charge in [0.05, 0.1) is 17.6 Å². The second kappa shape index (κ2) is 5.96. The molecule has 0 spiro atoms.